The summed E-state index contributed by atoms with van der Waals surface area (Å²) in [7, 11) is 0. The number of nitrogens with one attached hydrogen (secondary N) is 1. The van der Waals surface area contributed by atoms with Crippen molar-refractivity contribution in [1.29, 1.82) is 0 Å². The Morgan fingerprint density at radius 2 is 2.00 bits per heavy atom. The largest absolute Gasteiger partial charge is 0.376 e. The number of aryl methyl sites for hydroxylation is 1. The quantitative estimate of drug-likeness (QED) is 0.640. The maximum Gasteiger partial charge on any atom is 0.332 e. The lowest BCUT2D eigenvalue weighted by Crippen LogP contribution is -2.43. The van der Waals surface area contributed by atoms with Gasteiger partial charge in [-0.2, -0.15) is 0 Å². The summed E-state index contributed by atoms with van der Waals surface area (Å²) in [6.45, 7) is 1.31. The second-order valence-electron chi connectivity index (χ2n) is 7.14. The van der Waals surface area contributed by atoms with Crippen LogP contribution in [0.1, 0.15) is 18.4 Å². The van der Waals surface area contributed by atoms with Gasteiger partial charge in [-0.15, -0.1) is 11.3 Å². The predicted molar refractivity (Wildman–Crippen MR) is 112 cm³/mol. The number of carbonyl (C=O) groups excluding carboxylic acids is 1. The number of nitrogens with zero attached hydrogens (tertiary/aromatic N) is 2. The van der Waals surface area contributed by atoms with Crippen molar-refractivity contribution in [3.05, 3.63) is 68.2 Å². The average Bonchev–Trinajstić information content (AvgIpc) is 3.42. The molecule has 3 heterocycles. The molecule has 1 N–H and O–H groups in total. The van der Waals surface area contributed by atoms with Crippen LogP contribution in [-0.2, 0) is 29.0 Å². The highest BCUT2D eigenvalue weighted by Crippen LogP contribution is 2.15. The average molecular weight is 413 g/mol. The van der Waals surface area contributed by atoms with Gasteiger partial charge in [0.25, 0.3) is 5.56 Å². The molecule has 152 valence electrons. The maximum atomic E-state index is 13.0. The van der Waals surface area contributed by atoms with Crippen LogP contribution in [0.4, 0.5) is 0 Å². The van der Waals surface area contributed by atoms with Crippen molar-refractivity contribution in [2.45, 2.75) is 38.5 Å². The van der Waals surface area contributed by atoms with Crippen molar-refractivity contribution in [3.8, 4) is 0 Å². The second kappa shape index (κ2) is 8.75. The van der Waals surface area contributed by atoms with Crippen molar-refractivity contribution in [2.24, 2.45) is 0 Å². The molecule has 0 aliphatic carbocycles. The van der Waals surface area contributed by atoms with Crippen molar-refractivity contribution in [1.82, 2.24) is 14.5 Å². The van der Waals surface area contributed by atoms with Crippen LogP contribution in [0.15, 0.2) is 51.4 Å². The number of carbonyl (C=O) groups is 1. The van der Waals surface area contributed by atoms with Crippen LogP contribution in [0, 0.1) is 0 Å². The lowest BCUT2D eigenvalue weighted by atomic mass is 10.1. The van der Waals surface area contributed by atoms with Gasteiger partial charge in [-0.25, -0.2) is 4.79 Å². The minimum Gasteiger partial charge on any atom is -0.376 e. The molecule has 1 aromatic carbocycles. The van der Waals surface area contributed by atoms with Crippen LogP contribution in [0.25, 0.3) is 10.2 Å². The van der Waals surface area contributed by atoms with Gasteiger partial charge in [0.05, 0.1) is 11.6 Å². The van der Waals surface area contributed by atoms with E-state index in [0.29, 0.717) is 23.2 Å². The lowest BCUT2D eigenvalue weighted by Gasteiger charge is -2.14. The van der Waals surface area contributed by atoms with Gasteiger partial charge in [0.2, 0.25) is 5.91 Å². The summed E-state index contributed by atoms with van der Waals surface area (Å²) in [5.74, 6) is -0.261. The molecule has 1 aliphatic rings. The molecule has 3 aromatic rings. The first kappa shape index (κ1) is 19.6. The van der Waals surface area contributed by atoms with Crippen molar-refractivity contribution >= 4 is 27.5 Å². The second-order valence-corrected chi connectivity index (χ2v) is 8.05. The van der Waals surface area contributed by atoms with E-state index in [4.69, 9.17) is 4.74 Å². The molecule has 0 spiro atoms. The third-order valence-electron chi connectivity index (χ3n) is 5.16. The van der Waals surface area contributed by atoms with E-state index in [0.717, 1.165) is 25.0 Å². The fourth-order valence-corrected chi connectivity index (χ4v) is 4.44. The van der Waals surface area contributed by atoms with E-state index in [1.165, 1.54) is 20.5 Å². The molecule has 1 fully saturated rings. The Bertz CT molecular complexity index is 1110. The Hall–Kier alpha value is -2.71. The van der Waals surface area contributed by atoms with Crippen molar-refractivity contribution < 1.29 is 9.53 Å². The van der Waals surface area contributed by atoms with E-state index in [9.17, 15) is 14.4 Å². The van der Waals surface area contributed by atoms with E-state index in [1.807, 2.05) is 30.3 Å². The summed E-state index contributed by atoms with van der Waals surface area (Å²) in [5, 5.41) is 4.61. The number of aromatic nitrogens is 2. The minimum atomic E-state index is -0.455. The van der Waals surface area contributed by atoms with E-state index in [1.54, 1.807) is 11.4 Å². The fourth-order valence-electron chi connectivity index (χ4n) is 3.60. The standard InChI is InChI=1S/C21H23N3O4S/c25-18(22-13-16-7-4-11-28-16)14-24-17-9-12-29-19(17)20(26)23(21(24)27)10-8-15-5-2-1-3-6-15/h1-3,5-6,9,12,16H,4,7-8,10-11,13-14H2,(H,22,25)/t16-/m0/s1. The van der Waals surface area contributed by atoms with Crippen LogP contribution >= 0.6 is 11.3 Å². The fraction of sp³-hybridized carbons (Fsp3) is 0.381. The minimum absolute atomic E-state index is 0.0386. The van der Waals surface area contributed by atoms with E-state index in [2.05, 4.69) is 5.32 Å². The number of ether oxygens (including phenoxy) is 1. The van der Waals surface area contributed by atoms with Gasteiger partial charge in [0.1, 0.15) is 11.2 Å². The van der Waals surface area contributed by atoms with Gasteiger partial charge in [0, 0.05) is 19.7 Å². The zero-order valence-corrected chi connectivity index (χ0v) is 16.8. The molecule has 1 amide bonds. The summed E-state index contributed by atoms with van der Waals surface area (Å²) < 4.78 is 8.63. The molecule has 1 saturated heterocycles. The number of thiophene rings is 1. The molecule has 0 bridgehead atoms. The molecule has 0 saturated carbocycles. The van der Waals surface area contributed by atoms with Gasteiger partial charge in [-0.3, -0.25) is 18.7 Å². The molecule has 2 aromatic heterocycles. The zero-order valence-electron chi connectivity index (χ0n) is 16.0. The SMILES string of the molecule is O=C(Cn1c(=O)n(CCc2ccccc2)c(=O)c2sccc21)NC[C@@H]1CCCO1. The number of hydrogen-bond donors (Lipinski definition) is 1. The normalized spacial score (nSPS) is 16.3. The third kappa shape index (κ3) is 4.33. The van der Waals surface area contributed by atoms with Crippen molar-refractivity contribution in [2.75, 3.05) is 13.2 Å². The smallest absolute Gasteiger partial charge is 0.332 e. The van der Waals surface area contributed by atoms with Crippen molar-refractivity contribution in [3.63, 3.8) is 0 Å². The first-order chi connectivity index (χ1) is 14.1. The Morgan fingerprint density at radius 3 is 2.76 bits per heavy atom. The molecular weight excluding hydrogens is 390 g/mol. The number of rotatable bonds is 7. The summed E-state index contributed by atoms with van der Waals surface area (Å²) >= 11 is 1.29. The first-order valence-corrected chi connectivity index (χ1v) is 10.6. The highest BCUT2D eigenvalue weighted by atomic mass is 32.1. The highest BCUT2D eigenvalue weighted by molar-refractivity contribution is 7.17. The predicted octanol–water partition coefficient (Wildman–Crippen LogP) is 1.76. The molecule has 29 heavy (non-hydrogen) atoms. The third-order valence-corrected chi connectivity index (χ3v) is 6.05. The van der Waals surface area contributed by atoms with Crippen LogP contribution in [0.2, 0.25) is 0 Å². The van der Waals surface area contributed by atoms with Gasteiger partial charge >= 0.3 is 5.69 Å². The summed E-state index contributed by atoms with van der Waals surface area (Å²) in [6.07, 6.45) is 2.54. The number of hydrogen-bond acceptors (Lipinski definition) is 5. The Labute approximate surface area is 171 Å². The number of fused-ring (bicyclic) bond motifs is 1. The summed E-state index contributed by atoms with van der Waals surface area (Å²) in [5.41, 5.74) is 0.801. The molecule has 1 aliphatic heterocycles. The molecule has 8 heteroatoms. The number of amides is 1. The summed E-state index contributed by atoms with van der Waals surface area (Å²) in [6, 6.07) is 11.4. The van der Waals surface area contributed by atoms with Gasteiger partial charge < -0.3 is 10.1 Å². The maximum absolute atomic E-state index is 13.0. The summed E-state index contributed by atoms with van der Waals surface area (Å²) in [4.78, 5) is 38.3. The Morgan fingerprint density at radius 1 is 1.17 bits per heavy atom. The zero-order chi connectivity index (χ0) is 20.2. The highest BCUT2D eigenvalue weighted by Gasteiger charge is 2.19. The lowest BCUT2D eigenvalue weighted by molar-refractivity contribution is -0.122. The van der Waals surface area contributed by atoms with Crippen LogP contribution in [-0.4, -0.2) is 34.3 Å². The molecule has 7 nitrogen and oxygen atoms in total. The van der Waals surface area contributed by atoms with E-state index < -0.39 is 5.69 Å². The molecule has 0 unspecified atom stereocenters. The topological polar surface area (TPSA) is 82.3 Å². The number of benzene rings is 1. The van der Waals surface area contributed by atoms with Crippen LogP contribution in [0.3, 0.4) is 0 Å². The molecule has 4 rings (SSSR count). The van der Waals surface area contributed by atoms with Gasteiger partial charge in [-0.1, -0.05) is 30.3 Å². The molecule has 0 radical (unpaired) electrons. The van der Waals surface area contributed by atoms with Gasteiger partial charge in [-0.05, 0) is 36.3 Å². The molecular formula is C21H23N3O4S. The van der Waals surface area contributed by atoms with Gasteiger partial charge in [0.15, 0.2) is 0 Å². The monoisotopic (exact) mass is 413 g/mol. The van der Waals surface area contributed by atoms with E-state index >= 15 is 0 Å². The Kier molecular flexibility index (Phi) is 5.92. The molecule has 1 atom stereocenters. The first-order valence-electron chi connectivity index (χ1n) is 9.76. The van der Waals surface area contributed by atoms with E-state index in [-0.39, 0.29) is 30.7 Å². The van der Waals surface area contributed by atoms with Crippen LogP contribution < -0.4 is 16.6 Å². The van der Waals surface area contributed by atoms with Crippen LogP contribution in [0.5, 0.6) is 0 Å². The Balaban J connectivity index is 1.57.